The highest BCUT2D eigenvalue weighted by Gasteiger charge is 2.11. The highest BCUT2D eigenvalue weighted by molar-refractivity contribution is 6.31. The van der Waals surface area contributed by atoms with E-state index >= 15 is 0 Å². The summed E-state index contributed by atoms with van der Waals surface area (Å²) in [7, 11) is 1.59. The minimum absolute atomic E-state index is 0.187. The molecule has 1 heterocycles. The van der Waals surface area contributed by atoms with Crippen LogP contribution in [0.4, 0.5) is 5.69 Å². The summed E-state index contributed by atoms with van der Waals surface area (Å²) in [4.78, 5) is 24.8. The number of methoxy groups -OCH3 is 1. The first-order chi connectivity index (χ1) is 13.0. The number of carbonyl (C=O) groups is 1. The van der Waals surface area contributed by atoms with Gasteiger partial charge in [-0.2, -0.15) is 0 Å². The van der Waals surface area contributed by atoms with Crippen LogP contribution in [0.25, 0.3) is 0 Å². The zero-order valence-corrected chi connectivity index (χ0v) is 15.8. The number of anilines is 1. The van der Waals surface area contributed by atoms with E-state index in [4.69, 9.17) is 16.3 Å². The Hall–Kier alpha value is -3.05. The maximum absolute atomic E-state index is 12.6. The Labute approximate surface area is 162 Å². The van der Waals surface area contributed by atoms with Crippen molar-refractivity contribution >= 4 is 23.2 Å². The number of nitrogens with one attached hydrogen (secondary N) is 1. The summed E-state index contributed by atoms with van der Waals surface area (Å²) in [5, 5.41) is 3.42. The molecule has 27 heavy (non-hydrogen) atoms. The van der Waals surface area contributed by atoms with Gasteiger partial charge >= 0.3 is 0 Å². The van der Waals surface area contributed by atoms with E-state index in [-0.39, 0.29) is 11.5 Å². The number of carbonyl (C=O) groups excluding carboxylic acids is 1. The summed E-state index contributed by atoms with van der Waals surface area (Å²) in [6.07, 6.45) is 1.55. The summed E-state index contributed by atoms with van der Waals surface area (Å²) in [6.45, 7) is 2.18. The lowest BCUT2D eigenvalue weighted by atomic mass is 10.1. The van der Waals surface area contributed by atoms with Gasteiger partial charge in [-0.25, -0.2) is 0 Å². The number of rotatable bonds is 5. The van der Waals surface area contributed by atoms with Gasteiger partial charge in [0.1, 0.15) is 5.75 Å². The van der Waals surface area contributed by atoms with Crippen LogP contribution in [0.3, 0.4) is 0 Å². The fourth-order valence-electron chi connectivity index (χ4n) is 2.69. The molecule has 0 unspecified atom stereocenters. The minimum atomic E-state index is -0.306. The second-order valence-electron chi connectivity index (χ2n) is 6.10. The molecule has 1 amide bonds. The van der Waals surface area contributed by atoms with Crippen LogP contribution in [-0.4, -0.2) is 17.6 Å². The van der Waals surface area contributed by atoms with Gasteiger partial charge in [-0.1, -0.05) is 29.8 Å². The maximum Gasteiger partial charge on any atom is 0.257 e. The van der Waals surface area contributed by atoms with E-state index in [1.807, 2.05) is 31.2 Å². The Kier molecular flexibility index (Phi) is 5.62. The number of benzene rings is 2. The lowest BCUT2D eigenvalue weighted by molar-refractivity contribution is 0.102. The first-order valence-electron chi connectivity index (χ1n) is 8.38. The molecule has 3 aromatic rings. The summed E-state index contributed by atoms with van der Waals surface area (Å²) < 4.78 is 6.70. The van der Waals surface area contributed by atoms with E-state index in [2.05, 4.69) is 5.32 Å². The SMILES string of the molecule is COc1cccc(Cn2cc(C(=O)Nc3cccc(Cl)c3C)ccc2=O)c1. The molecule has 0 aliphatic heterocycles. The van der Waals surface area contributed by atoms with E-state index < -0.39 is 0 Å². The Morgan fingerprint density at radius 1 is 1.15 bits per heavy atom. The molecule has 5 nitrogen and oxygen atoms in total. The molecule has 1 aromatic heterocycles. The largest absolute Gasteiger partial charge is 0.497 e. The Balaban J connectivity index is 1.85. The molecule has 0 saturated carbocycles. The fourth-order valence-corrected chi connectivity index (χ4v) is 2.87. The molecule has 2 aromatic carbocycles. The van der Waals surface area contributed by atoms with Crippen molar-refractivity contribution in [3.8, 4) is 5.75 Å². The molecule has 0 fully saturated rings. The second-order valence-corrected chi connectivity index (χ2v) is 6.51. The molecular formula is C21H19ClN2O3. The topological polar surface area (TPSA) is 60.3 Å². The summed E-state index contributed by atoms with van der Waals surface area (Å²) in [5.41, 5.74) is 2.53. The van der Waals surface area contributed by atoms with Gasteiger partial charge in [0.15, 0.2) is 0 Å². The zero-order chi connectivity index (χ0) is 19.4. The van der Waals surface area contributed by atoms with E-state index in [9.17, 15) is 9.59 Å². The summed E-state index contributed by atoms with van der Waals surface area (Å²) in [6, 6.07) is 15.7. The minimum Gasteiger partial charge on any atom is -0.497 e. The van der Waals surface area contributed by atoms with Crippen molar-refractivity contribution < 1.29 is 9.53 Å². The van der Waals surface area contributed by atoms with Crippen LogP contribution in [0.2, 0.25) is 5.02 Å². The van der Waals surface area contributed by atoms with Crippen LogP contribution in [-0.2, 0) is 6.54 Å². The van der Waals surface area contributed by atoms with E-state index in [1.165, 1.54) is 16.7 Å². The number of pyridine rings is 1. The monoisotopic (exact) mass is 382 g/mol. The third-order valence-electron chi connectivity index (χ3n) is 4.25. The molecule has 0 atom stereocenters. The van der Waals surface area contributed by atoms with Crippen molar-refractivity contribution in [1.82, 2.24) is 4.57 Å². The van der Waals surface area contributed by atoms with Gasteiger partial charge < -0.3 is 14.6 Å². The van der Waals surface area contributed by atoms with Crippen LogP contribution < -0.4 is 15.6 Å². The number of nitrogens with zero attached hydrogens (tertiary/aromatic N) is 1. The number of ether oxygens (including phenoxy) is 1. The van der Waals surface area contributed by atoms with Gasteiger partial charge in [-0.3, -0.25) is 9.59 Å². The van der Waals surface area contributed by atoms with Crippen LogP contribution in [0, 0.1) is 6.92 Å². The lowest BCUT2D eigenvalue weighted by Gasteiger charge is -2.12. The number of amides is 1. The van der Waals surface area contributed by atoms with Gasteiger partial charge in [0.05, 0.1) is 19.2 Å². The van der Waals surface area contributed by atoms with Crippen LogP contribution in [0.15, 0.2) is 65.6 Å². The molecule has 6 heteroatoms. The van der Waals surface area contributed by atoms with Gasteiger partial charge in [-0.05, 0) is 48.4 Å². The van der Waals surface area contributed by atoms with Crippen molar-refractivity contribution in [3.63, 3.8) is 0 Å². The smallest absolute Gasteiger partial charge is 0.257 e. The average molecular weight is 383 g/mol. The zero-order valence-electron chi connectivity index (χ0n) is 15.0. The molecule has 1 N–H and O–H groups in total. The van der Waals surface area contributed by atoms with E-state index in [0.717, 1.165) is 11.1 Å². The second kappa shape index (κ2) is 8.10. The molecule has 0 radical (unpaired) electrons. The van der Waals surface area contributed by atoms with Crippen LogP contribution >= 0.6 is 11.6 Å². The number of halogens is 1. The lowest BCUT2D eigenvalue weighted by Crippen LogP contribution is -2.22. The number of hydrogen-bond donors (Lipinski definition) is 1. The maximum atomic E-state index is 12.6. The Morgan fingerprint density at radius 2 is 1.93 bits per heavy atom. The highest BCUT2D eigenvalue weighted by Crippen LogP contribution is 2.23. The van der Waals surface area contributed by atoms with Gasteiger partial charge in [0.25, 0.3) is 11.5 Å². The normalized spacial score (nSPS) is 10.5. The first-order valence-corrected chi connectivity index (χ1v) is 8.75. The van der Waals surface area contributed by atoms with Crippen molar-refractivity contribution in [3.05, 3.63) is 92.9 Å². The fraction of sp³-hybridized carbons (Fsp3) is 0.143. The van der Waals surface area contributed by atoms with Gasteiger partial charge in [0, 0.05) is 23.0 Å². The summed E-state index contributed by atoms with van der Waals surface area (Å²) >= 11 is 6.10. The Bertz CT molecular complexity index is 1040. The molecule has 0 bridgehead atoms. The Morgan fingerprint density at radius 3 is 2.70 bits per heavy atom. The average Bonchev–Trinajstić information content (AvgIpc) is 2.67. The van der Waals surface area contributed by atoms with E-state index in [1.54, 1.807) is 31.5 Å². The number of aromatic nitrogens is 1. The molecule has 0 saturated heterocycles. The summed E-state index contributed by atoms with van der Waals surface area (Å²) in [5.74, 6) is 0.408. The van der Waals surface area contributed by atoms with Gasteiger partial charge in [-0.15, -0.1) is 0 Å². The molecule has 3 rings (SSSR count). The highest BCUT2D eigenvalue weighted by atomic mass is 35.5. The third-order valence-corrected chi connectivity index (χ3v) is 4.66. The predicted octanol–water partition coefficient (Wildman–Crippen LogP) is 4.12. The van der Waals surface area contributed by atoms with Crippen molar-refractivity contribution in [2.75, 3.05) is 12.4 Å². The van der Waals surface area contributed by atoms with Crippen molar-refractivity contribution in [2.24, 2.45) is 0 Å². The van der Waals surface area contributed by atoms with Crippen LogP contribution in [0.5, 0.6) is 5.75 Å². The first kappa shape index (κ1) is 18.7. The molecule has 0 aliphatic rings. The number of hydrogen-bond acceptors (Lipinski definition) is 3. The van der Waals surface area contributed by atoms with Crippen molar-refractivity contribution in [1.29, 1.82) is 0 Å². The van der Waals surface area contributed by atoms with E-state index in [0.29, 0.717) is 28.6 Å². The van der Waals surface area contributed by atoms with Gasteiger partial charge in [0.2, 0.25) is 0 Å². The quantitative estimate of drug-likeness (QED) is 0.722. The van der Waals surface area contributed by atoms with Crippen molar-refractivity contribution in [2.45, 2.75) is 13.5 Å². The molecule has 138 valence electrons. The standard InChI is InChI=1S/C21H19ClN2O3/c1-14-18(22)7-4-8-19(14)23-21(26)16-9-10-20(25)24(13-16)12-15-5-3-6-17(11-15)27-2/h3-11,13H,12H2,1-2H3,(H,23,26). The van der Waals surface area contributed by atoms with Crippen LogP contribution in [0.1, 0.15) is 21.5 Å². The molecule has 0 aliphatic carbocycles. The third kappa shape index (κ3) is 4.38. The predicted molar refractivity (Wildman–Crippen MR) is 107 cm³/mol. The molecule has 0 spiro atoms. The molecular weight excluding hydrogens is 364 g/mol.